The average molecular weight is 346 g/mol. The molecule has 2 heterocycles. The summed E-state index contributed by atoms with van der Waals surface area (Å²) in [5, 5.41) is 9.72. The van der Waals surface area contributed by atoms with E-state index in [1.807, 2.05) is 25.1 Å². The Morgan fingerprint density at radius 3 is 2.24 bits per heavy atom. The second kappa shape index (κ2) is 7.44. The molecule has 2 aliphatic rings. The maximum Gasteiger partial charge on any atom is 0.348 e. The van der Waals surface area contributed by atoms with Gasteiger partial charge >= 0.3 is 5.97 Å². The molecule has 6 heteroatoms. The molecule has 0 radical (unpaired) electrons. The molecular weight excluding hydrogens is 320 g/mol. The molecule has 3 rings (SSSR count). The van der Waals surface area contributed by atoms with Crippen molar-refractivity contribution >= 4 is 11.9 Å². The van der Waals surface area contributed by atoms with Crippen molar-refractivity contribution in [3.05, 3.63) is 30.3 Å². The van der Waals surface area contributed by atoms with Crippen LogP contribution in [0.15, 0.2) is 30.3 Å². The number of benzene rings is 1. The third kappa shape index (κ3) is 3.79. The SMILES string of the molecule is C[C@H](C(=O)N1CCC(Oc2ccccc2)(C(=O)O)CC1)N1CCCC1. The van der Waals surface area contributed by atoms with E-state index >= 15 is 0 Å². The summed E-state index contributed by atoms with van der Waals surface area (Å²) in [6, 6.07) is 8.90. The summed E-state index contributed by atoms with van der Waals surface area (Å²) >= 11 is 0. The number of carboxylic acid groups (broad SMARTS) is 1. The molecule has 1 amide bonds. The van der Waals surface area contributed by atoms with Crippen LogP contribution in [0, 0.1) is 0 Å². The van der Waals surface area contributed by atoms with Crippen LogP contribution in [0.1, 0.15) is 32.6 Å². The highest BCUT2D eigenvalue weighted by Gasteiger charge is 2.45. The highest BCUT2D eigenvalue weighted by Crippen LogP contribution is 2.30. The number of para-hydroxylation sites is 1. The lowest BCUT2D eigenvalue weighted by molar-refractivity contribution is -0.162. The van der Waals surface area contributed by atoms with Crippen LogP contribution >= 0.6 is 0 Å². The van der Waals surface area contributed by atoms with E-state index in [0.717, 1.165) is 25.9 Å². The summed E-state index contributed by atoms with van der Waals surface area (Å²) in [5.41, 5.74) is -1.25. The smallest absolute Gasteiger partial charge is 0.348 e. The molecule has 0 aromatic heterocycles. The van der Waals surface area contributed by atoms with E-state index in [4.69, 9.17) is 4.74 Å². The molecule has 2 fully saturated rings. The molecule has 1 aromatic carbocycles. The maximum atomic E-state index is 12.7. The van der Waals surface area contributed by atoms with E-state index in [1.165, 1.54) is 0 Å². The number of carbonyl (C=O) groups excluding carboxylic acids is 1. The Kier molecular flexibility index (Phi) is 5.27. The highest BCUT2D eigenvalue weighted by molar-refractivity contribution is 5.83. The number of hydrogen-bond donors (Lipinski definition) is 1. The summed E-state index contributed by atoms with van der Waals surface area (Å²) < 4.78 is 5.84. The number of ether oxygens (including phenoxy) is 1. The Hall–Kier alpha value is -2.08. The van der Waals surface area contributed by atoms with Crippen LogP contribution in [0.3, 0.4) is 0 Å². The fourth-order valence-electron chi connectivity index (χ4n) is 3.71. The first-order valence-electron chi connectivity index (χ1n) is 9.02. The zero-order valence-electron chi connectivity index (χ0n) is 14.7. The van der Waals surface area contributed by atoms with Crippen molar-refractivity contribution in [3.8, 4) is 5.75 Å². The number of piperidine rings is 1. The first kappa shape index (κ1) is 17.7. The maximum absolute atomic E-state index is 12.7. The Morgan fingerprint density at radius 1 is 1.08 bits per heavy atom. The second-order valence-electron chi connectivity index (χ2n) is 6.96. The monoisotopic (exact) mass is 346 g/mol. The van der Waals surface area contributed by atoms with Gasteiger partial charge in [0.15, 0.2) is 0 Å². The molecule has 25 heavy (non-hydrogen) atoms. The quantitative estimate of drug-likeness (QED) is 0.883. The van der Waals surface area contributed by atoms with E-state index in [-0.39, 0.29) is 11.9 Å². The highest BCUT2D eigenvalue weighted by atomic mass is 16.5. The van der Waals surface area contributed by atoms with E-state index in [0.29, 0.717) is 31.7 Å². The lowest BCUT2D eigenvalue weighted by Crippen LogP contribution is -2.56. The fraction of sp³-hybridized carbons (Fsp3) is 0.579. The summed E-state index contributed by atoms with van der Waals surface area (Å²) in [6.07, 6.45) is 2.89. The van der Waals surface area contributed by atoms with Gasteiger partial charge in [-0.05, 0) is 45.0 Å². The van der Waals surface area contributed by atoms with Crippen molar-refractivity contribution in [1.82, 2.24) is 9.80 Å². The Morgan fingerprint density at radius 2 is 1.68 bits per heavy atom. The molecule has 2 saturated heterocycles. The summed E-state index contributed by atoms with van der Waals surface area (Å²) in [5.74, 6) is -0.313. The van der Waals surface area contributed by atoms with Crippen LogP contribution in [0.2, 0.25) is 0 Å². The molecule has 136 valence electrons. The first-order chi connectivity index (χ1) is 12.0. The standard InChI is InChI=1S/C19H26N2O4/c1-15(20-11-5-6-12-20)17(22)21-13-9-19(10-14-21,18(23)24)25-16-7-3-2-4-8-16/h2-4,7-8,15H,5-6,9-14H2,1H3,(H,23,24)/t15-/m1/s1. The molecule has 2 aliphatic heterocycles. The van der Waals surface area contributed by atoms with Crippen molar-refractivity contribution in [2.45, 2.75) is 44.2 Å². The number of hydrogen-bond acceptors (Lipinski definition) is 4. The molecule has 6 nitrogen and oxygen atoms in total. The largest absolute Gasteiger partial charge is 0.478 e. The molecule has 1 aromatic rings. The lowest BCUT2D eigenvalue weighted by Gasteiger charge is -2.40. The van der Waals surface area contributed by atoms with E-state index in [9.17, 15) is 14.7 Å². The third-order valence-electron chi connectivity index (χ3n) is 5.37. The third-order valence-corrected chi connectivity index (χ3v) is 5.37. The predicted octanol–water partition coefficient (Wildman–Crippen LogP) is 2.00. The lowest BCUT2D eigenvalue weighted by atomic mass is 9.90. The van der Waals surface area contributed by atoms with Crippen molar-refractivity contribution in [1.29, 1.82) is 0 Å². The topological polar surface area (TPSA) is 70.1 Å². The van der Waals surface area contributed by atoms with Crippen LogP contribution < -0.4 is 4.74 Å². The van der Waals surface area contributed by atoms with Crippen LogP contribution in [0.5, 0.6) is 5.75 Å². The minimum absolute atomic E-state index is 0.0978. The molecule has 1 atom stereocenters. The summed E-state index contributed by atoms with van der Waals surface area (Å²) in [4.78, 5) is 28.6. The van der Waals surface area contributed by atoms with Crippen LogP contribution in [-0.4, -0.2) is 64.6 Å². The summed E-state index contributed by atoms with van der Waals surface area (Å²) in [6.45, 7) is 4.72. The zero-order chi connectivity index (χ0) is 17.9. The molecule has 1 N–H and O–H groups in total. The van der Waals surface area contributed by atoms with Crippen molar-refractivity contribution < 1.29 is 19.4 Å². The molecule has 0 saturated carbocycles. The van der Waals surface area contributed by atoms with Gasteiger partial charge in [-0.1, -0.05) is 18.2 Å². The minimum Gasteiger partial charge on any atom is -0.478 e. The van der Waals surface area contributed by atoms with E-state index in [1.54, 1.807) is 17.0 Å². The van der Waals surface area contributed by atoms with Gasteiger partial charge in [-0.25, -0.2) is 4.79 Å². The van der Waals surface area contributed by atoms with Gasteiger partial charge in [0, 0.05) is 25.9 Å². The Bertz CT molecular complexity index is 605. The minimum atomic E-state index is -1.25. The van der Waals surface area contributed by atoms with E-state index < -0.39 is 11.6 Å². The van der Waals surface area contributed by atoms with Crippen molar-refractivity contribution in [2.24, 2.45) is 0 Å². The molecule has 0 unspecified atom stereocenters. The van der Waals surface area contributed by atoms with E-state index in [2.05, 4.69) is 4.90 Å². The first-order valence-corrected chi connectivity index (χ1v) is 9.02. The molecule has 0 bridgehead atoms. The van der Waals surface area contributed by atoms with Crippen molar-refractivity contribution in [2.75, 3.05) is 26.2 Å². The van der Waals surface area contributed by atoms with Gasteiger partial charge in [0.05, 0.1) is 6.04 Å². The van der Waals surface area contributed by atoms with Crippen LogP contribution in [0.4, 0.5) is 0 Å². The normalized spacial score (nSPS) is 21.7. The van der Waals surface area contributed by atoms with Crippen molar-refractivity contribution in [3.63, 3.8) is 0 Å². The summed E-state index contributed by atoms with van der Waals surface area (Å²) in [7, 11) is 0. The molecular formula is C19H26N2O4. The van der Waals surface area contributed by atoms with Crippen LogP contribution in [-0.2, 0) is 9.59 Å². The van der Waals surface area contributed by atoms with Crippen LogP contribution in [0.25, 0.3) is 0 Å². The van der Waals surface area contributed by atoms with Gasteiger partial charge in [-0.15, -0.1) is 0 Å². The Balaban J connectivity index is 1.63. The number of aliphatic carboxylic acids is 1. The average Bonchev–Trinajstić information content (AvgIpc) is 3.16. The number of rotatable bonds is 5. The predicted molar refractivity (Wildman–Crippen MR) is 93.5 cm³/mol. The Labute approximate surface area is 148 Å². The van der Waals surface area contributed by atoms with Gasteiger partial charge in [-0.2, -0.15) is 0 Å². The molecule has 0 spiro atoms. The number of nitrogens with zero attached hydrogens (tertiary/aromatic N) is 2. The van der Waals surface area contributed by atoms with Gasteiger partial charge in [0.2, 0.25) is 11.5 Å². The second-order valence-corrected chi connectivity index (χ2v) is 6.96. The zero-order valence-corrected chi connectivity index (χ0v) is 14.7. The van der Waals surface area contributed by atoms with Gasteiger partial charge in [0.25, 0.3) is 0 Å². The van der Waals surface area contributed by atoms with Gasteiger partial charge in [-0.3, -0.25) is 9.69 Å². The molecule has 0 aliphatic carbocycles. The number of carbonyl (C=O) groups is 2. The number of carboxylic acids is 1. The van der Waals surface area contributed by atoms with Gasteiger partial charge < -0.3 is 14.7 Å². The number of likely N-dealkylation sites (tertiary alicyclic amines) is 2. The van der Waals surface area contributed by atoms with Gasteiger partial charge in [0.1, 0.15) is 5.75 Å². The fourth-order valence-corrected chi connectivity index (χ4v) is 3.71. The number of amides is 1.